The van der Waals surface area contributed by atoms with Crippen molar-refractivity contribution >= 4 is 38.5 Å². The molecule has 7 heteroatoms. The Morgan fingerprint density at radius 1 is 0.919 bits per heavy atom. The lowest BCUT2D eigenvalue weighted by Gasteiger charge is -2.22. The number of aromatic amines is 1. The van der Waals surface area contributed by atoms with Gasteiger partial charge in [-0.25, -0.2) is 5.01 Å². The van der Waals surface area contributed by atoms with E-state index in [-0.39, 0.29) is 17.5 Å². The Labute approximate surface area is 221 Å². The molecule has 2 aromatic heterocycles. The maximum atomic E-state index is 13.6. The molecule has 0 radical (unpaired) electrons. The molecule has 3 aromatic carbocycles. The minimum atomic E-state index is -0.356. The fourth-order valence-corrected chi connectivity index (χ4v) is 5.21. The monoisotopic (exact) mass is 548 g/mol. The first kappa shape index (κ1) is 23.1. The van der Waals surface area contributed by atoms with Gasteiger partial charge in [0.25, 0.3) is 11.5 Å². The summed E-state index contributed by atoms with van der Waals surface area (Å²) in [5.74, 6) is -0.266. The summed E-state index contributed by atoms with van der Waals surface area (Å²) >= 11 is 3.58. The van der Waals surface area contributed by atoms with Gasteiger partial charge in [-0.05, 0) is 41.5 Å². The fourth-order valence-electron chi connectivity index (χ4n) is 4.85. The van der Waals surface area contributed by atoms with Gasteiger partial charge >= 0.3 is 0 Å². The molecular formula is C30H21BrN4O2. The van der Waals surface area contributed by atoms with E-state index >= 15 is 0 Å². The van der Waals surface area contributed by atoms with Crippen LogP contribution < -0.4 is 5.56 Å². The Morgan fingerprint density at radius 2 is 1.68 bits per heavy atom. The Bertz CT molecular complexity index is 1700. The van der Waals surface area contributed by atoms with Crippen molar-refractivity contribution in [2.75, 3.05) is 0 Å². The molecule has 0 saturated heterocycles. The number of carbonyl (C=O) groups excluding carboxylic acids is 1. The van der Waals surface area contributed by atoms with Crippen molar-refractivity contribution in [2.45, 2.75) is 12.5 Å². The number of pyridine rings is 2. The van der Waals surface area contributed by atoms with Crippen LogP contribution in [0.4, 0.5) is 0 Å². The summed E-state index contributed by atoms with van der Waals surface area (Å²) in [6.45, 7) is 0. The number of hydrazone groups is 1. The first-order valence-corrected chi connectivity index (χ1v) is 12.7. The van der Waals surface area contributed by atoms with Gasteiger partial charge in [0.2, 0.25) is 0 Å². The molecule has 180 valence electrons. The topological polar surface area (TPSA) is 78.4 Å². The number of hydrogen-bond donors (Lipinski definition) is 1. The summed E-state index contributed by atoms with van der Waals surface area (Å²) in [7, 11) is 0. The van der Waals surface area contributed by atoms with Crippen molar-refractivity contribution in [1.29, 1.82) is 0 Å². The molecular weight excluding hydrogens is 528 g/mol. The second-order valence-electron chi connectivity index (χ2n) is 8.83. The quantitative estimate of drug-likeness (QED) is 0.284. The van der Waals surface area contributed by atoms with Crippen LogP contribution in [0.5, 0.6) is 0 Å². The van der Waals surface area contributed by atoms with Gasteiger partial charge in [-0.1, -0.05) is 76.6 Å². The maximum absolute atomic E-state index is 13.6. The van der Waals surface area contributed by atoms with Crippen molar-refractivity contribution in [3.8, 4) is 11.1 Å². The first-order chi connectivity index (χ1) is 18.1. The van der Waals surface area contributed by atoms with E-state index in [9.17, 15) is 9.59 Å². The molecule has 1 atom stereocenters. The zero-order valence-corrected chi connectivity index (χ0v) is 21.2. The molecule has 0 saturated carbocycles. The highest BCUT2D eigenvalue weighted by Crippen LogP contribution is 2.38. The van der Waals surface area contributed by atoms with Crippen molar-refractivity contribution in [3.63, 3.8) is 0 Å². The van der Waals surface area contributed by atoms with Crippen molar-refractivity contribution < 1.29 is 4.79 Å². The van der Waals surface area contributed by atoms with Crippen LogP contribution in [-0.2, 0) is 0 Å². The standard InChI is InChI=1S/C30H21BrN4O2/c31-22-13-14-24-23(16-22)27(20-10-5-2-6-11-20)28(29(36)33-24)25-17-26(19-8-3-1-4-9-19)35(34-25)30(37)21-12-7-15-32-18-21/h1-16,18,26H,17H2,(H,33,36)/t26-/m1/s1. The predicted molar refractivity (Wildman–Crippen MR) is 148 cm³/mol. The Kier molecular flexibility index (Phi) is 5.98. The molecule has 1 aliphatic rings. The van der Waals surface area contributed by atoms with Gasteiger partial charge in [0.05, 0.1) is 22.9 Å². The third kappa shape index (κ3) is 4.27. The van der Waals surface area contributed by atoms with Gasteiger partial charge in [0, 0.05) is 39.8 Å². The molecule has 1 N–H and O–H groups in total. The molecule has 0 fully saturated rings. The summed E-state index contributed by atoms with van der Waals surface area (Å²) in [6.07, 6.45) is 3.56. The molecule has 1 aliphatic heterocycles. The molecule has 0 spiro atoms. The highest BCUT2D eigenvalue weighted by Gasteiger charge is 2.36. The van der Waals surface area contributed by atoms with Crippen LogP contribution in [0.25, 0.3) is 22.0 Å². The Morgan fingerprint density at radius 3 is 2.41 bits per heavy atom. The van der Waals surface area contributed by atoms with Crippen molar-refractivity contribution in [1.82, 2.24) is 15.0 Å². The van der Waals surface area contributed by atoms with Gasteiger partial charge in [0.15, 0.2) is 0 Å². The summed E-state index contributed by atoms with van der Waals surface area (Å²) in [5, 5.41) is 7.19. The molecule has 6 rings (SSSR count). The normalized spacial score (nSPS) is 15.1. The second-order valence-corrected chi connectivity index (χ2v) is 9.74. The largest absolute Gasteiger partial charge is 0.321 e. The summed E-state index contributed by atoms with van der Waals surface area (Å²) in [4.78, 5) is 34.4. The number of halogens is 1. The number of hydrogen-bond acceptors (Lipinski definition) is 4. The van der Waals surface area contributed by atoms with Crippen LogP contribution in [0.3, 0.4) is 0 Å². The molecule has 3 heterocycles. The average Bonchev–Trinajstić information content (AvgIpc) is 3.38. The first-order valence-electron chi connectivity index (χ1n) is 11.9. The van der Waals surface area contributed by atoms with Crippen LogP contribution in [-0.4, -0.2) is 26.6 Å². The third-order valence-electron chi connectivity index (χ3n) is 6.54. The van der Waals surface area contributed by atoms with E-state index in [0.717, 1.165) is 32.1 Å². The van der Waals surface area contributed by atoms with Crippen LogP contribution in [0.15, 0.2) is 118 Å². The molecule has 37 heavy (non-hydrogen) atoms. The molecule has 6 nitrogen and oxygen atoms in total. The highest BCUT2D eigenvalue weighted by molar-refractivity contribution is 9.10. The van der Waals surface area contributed by atoms with E-state index in [1.54, 1.807) is 18.3 Å². The molecule has 0 unspecified atom stereocenters. The van der Waals surface area contributed by atoms with Crippen molar-refractivity contribution in [2.24, 2.45) is 5.10 Å². The number of benzene rings is 3. The number of amides is 1. The SMILES string of the molecule is O=C(c1cccnc1)N1N=C(c2c(-c3ccccc3)c3cc(Br)ccc3[nH]c2=O)C[C@@H]1c1ccccc1. The minimum Gasteiger partial charge on any atom is -0.321 e. The van der Waals surface area contributed by atoms with Crippen molar-refractivity contribution in [3.05, 3.63) is 135 Å². The van der Waals surface area contributed by atoms with Gasteiger partial charge in [-0.2, -0.15) is 5.10 Å². The van der Waals surface area contributed by atoms with E-state index in [2.05, 4.69) is 25.9 Å². The number of fused-ring (bicyclic) bond motifs is 1. The average molecular weight is 549 g/mol. The van der Waals surface area contributed by atoms with E-state index in [1.807, 2.05) is 78.9 Å². The number of H-pyrrole nitrogens is 1. The van der Waals surface area contributed by atoms with Crippen LogP contribution in [0.1, 0.15) is 33.9 Å². The Hall–Kier alpha value is -4.36. The van der Waals surface area contributed by atoms with E-state index in [0.29, 0.717) is 23.3 Å². The number of carbonyl (C=O) groups is 1. The van der Waals surface area contributed by atoms with Gasteiger partial charge < -0.3 is 4.98 Å². The van der Waals surface area contributed by atoms with E-state index in [1.165, 1.54) is 11.2 Å². The fraction of sp³-hybridized carbons (Fsp3) is 0.0667. The lowest BCUT2D eigenvalue weighted by molar-refractivity contribution is 0.0710. The molecule has 0 aliphatic carbocycles. The summed E-state index contributed by atoms with van der Waals surface area (Å²) < 4.78 is 0.902. The molecule has 1 amide bonds. The lowest BCUT2D eigenvalue weighted by atomic mass is 9.91. The minimum absolute atomic E-state index is 0.241. The van der Waals surface area contributed by atoms with Gasteiger partial charge in [-0.3, -0.25) is 14.6 Å². The van der Waals surface area contributed by atoms with Crippen LogP contribution in [0.2, 0.25) is 0 Å². The molecule has 5 aromatic rings. The maximum Gasteiger partial charge on any atom is 0.276 e. The smallest absolute Gasteiger partial charge is 0.276 e. The van der Waals surface area contributed by atoms with Crippen LogP contribution >= 0.6 is 15.9 Å². The van der Waals surface area contributed by atoms with E-state index in [4.69, 9.17) is 5.10 Å². The zero-order chi connectivity index (χ0) is 25.4. The summed E-state index contributed by atoms with van der Waals surface area (Å²) in [5.41, 5.74) is 4.61. The number of rotatable bonds is 4. The van der Waals surface area contributed by atoms with Gasteiger partial charge in [0.1, 0.15) is 0 Å². The zero-order valence-electron chi connectivity index (χ0n) is 19.6. The highest BCUT2D eigenvalue weighted by atomic mass is 79.9. The summed E-state index contributed by atoms with van der Waals surface area (Å²) in [6, 6.07) is 28.5. The number of nitrogens with zero attached hydrogens (tertiary/aromatic N) is 3. The third-order valence-corrected chi connectivity index (χ3v) is 7.03. The Balaban J connectivity index is 1.58. The predicted octanol–water partition coefficient (Wildman–Crippen LogP) is 6.34. The second kappa shape index (κ2) is 9.59. The van der Waals surface area contributed by atoms with Crippen LogP contribution in [0, 0.1) is 0 Å². The molecule has 0 bridgehead atoms. The number of aromatic nitrogens is 2. The lowest BCUT2D eigenvalue weighted by Crippen LogP contribution is -2.27. The van der Waals surface area contributed by atoms with E-state index < -0.39 is 0 Å². The number of nitrogens with one attached hydrogen (secondary N) is 1. The van der Waals surface area contributed by atoms with Gasteiger partial charge in [-0.15, -0.1) is 0 Å².